The van der Waals surface area contributed by atoms with Crippen LogP contribution in [0.2, 0.25) is 0 Å². The van der Waals surface area contributed by atoms with Crippen molar-refractivity contribution in [1.82, 2.24) is 5.32 Å². The first-order valence-corrected chi connectivity index (χ1v) is 8.10. The number of methoxy groups -OCH3 is 1. The van der Waals surface area contributed by atoms with E-state index in [-0.39, 0.29) is 31.4 Å². The summed E-state index contributed by atoms with van der Waals surface area (Å²) < 4.78 is 4.91. The van der Waals surface area contributed by atoms with E-state index in [9.17, 15) is 14.7 Å². The van der Waals surface area contributed by atoms with Crippen molar-refractivity contribution in [2.75, 3.05) is 31.7 Å². The minimum atomic E-state index is -1.12. The number of ether oxygens (including phenoxy) is 1. The molecule has 2 atom stereocenters. The number of carbonyl (C=O) groups excluding carboxylic acids is 2. The molecule has 1 aromatic carbocycles. The van der Waals surface area contributed by atoms with Gasteiger partial charge in [0.15, 0.2) is 0 Å². The molecule has 1 saturated heterocycles. The van der Waals surface area contributed by atoms with Crippen LogP contribution in [0.25, 0.3) is 0 Å². The van der Waals surface area contributed by atoms with Gasteiger partial charge in [-0.3, -0.25) is 9.59 Å². The zero-order valence-electron chi connectivity index (χ0n) is 14.8. The molecule has 1 fully saturated rings. The largest absolute Gasteiger partial charge is 0.386 e. The molecule has 0 bridgehead atoms. The Kier molecular flexibility index (Phi) is 5.62. The van der Waals surface area contributed by atoms with Gasteiger partial charge in [0.2, 0.25) is 11.8 Å². The van der Waals surface area contributed by atoms with Gasteiger partial charge in [-0.05, 0) is 44.0 Å². The van der Waals surface area contributed by atoms with E-state index in [1.807, 2.05) is 32.0 Å². The number of benzene rings is 1. The molecule has 1 heterocycles. The van der Waals surface area contributed by atoms with E-state index in [2.05, 4.69) is 5.32 Å². The van der Waals surface area contributed by atoms with Gasteiger partial charge in [-0.2, -0.15) is 0 Å². The van der Waals surface area contributed by atoms with E-state index >= 15 is 0 Å². The van der Waals surface area contributed by atoms with Gasteiger partial charge in [0, 0.05) is 32.3 Å². The third-order valence-corrected chi connectivity index (χ3v) is 4.40. The smallest absolute Gasteiger partial charge is 0.227 e. The lowest BCUT2D eigenvalue weighted by molar-refractivity contribution is -0.127. The average molecular weight is 334 g/mol. The second-order valence-corrected chi connectivity index (χ2v) is 6.82. The Labute approximate surface area is 142 Å². The molecule has 0 radical (unpaired) electrons. The second kappa shape index (κ2) is 7.32. The molecule has 0 saturated carbocycles. The highest BCUT2D eigenvalue weighted by molar-refractivity contribution is 6.00. The van der Waals surface area contributed by atoms with Crippen molar-refractivity contribution in [3.8, 4) is 0 Å². The number of hydrogen-bond donors (Lipinski definition) is 2. The maximum absolute atomic E-state index is 12.3. The van der Waals surface area contributed by atoms with Crippen molar-refractivity contribution in [3.63, 3.8) is 0 Å². The normalized spacial score (nSPS) is 20.1. The number of rotatable bonds is 6. The standard InChI is InChI=1S/C18H26N2O4/c1-12-5-6-15(7-13(12)2)20-9-14(8-16(20)21)17(22)19-10-18(3,23)11-24-4/h5-7,14,23H,8-11H2,1-4H3,(H,19,22)/t14-,18+/m0/s1. The third-order valence-electron chi connectivity index (χ3n) is 4.40. The predicted molar refractivity (Wildman–Crippen MR) is 91.9 cm³/mol. The minimum Gasteiger partial charge on any atom is -0.386 e. The summed E-state index contributed by atoms with van der Waals surface area (Å²) in [6, 6.07) is 5.86. The molecule has 1 aromatic rings. The maximum atomic E-state index is 12.3. The van der Waals surface area contributed by atoms with E-state index in [1.165, 1.54) is 12.7 Å². The Bertz CT molecular complexity index is 627. The van der Waals surface area contributed by atoms with Gasteiger partial charge in [0.05, 0.1) is 12.5 Å². The summed E-state index contributed by atoms with van der Waals surface area (Å²) in [7, 11) is 1.49. The molecule has 24 heavy (non-hydrogen) atoms. The van der Waals surface area contributed by atoms with Crippen molar-refractivity contribution in [2.24, 2.45) is 5.92 Å². The number of anilines is 1. The topological polar surface area (TPSA) is 78.9 Å². The van der Waals surface area contributed by atoms with E-state index in [4.69, 9.17) is 4.74 Å². The fraction of sp³-hybridized carbons (Fsp3) is 0.556. The van der Waals surface area contributed by atoms with Gasteiger partial charge in [0.25, 0.3) is 0 Å². The molecule has 1 aliphatic rings. The third kappa shape index (κ3) is 4.33. The summed E-state index contributed by atoms with van der Waals surface area (Å²) in [6.45, 7) is 6.20. The number of aryl methyl sites for hydroxylation is 2. The SMILES string of the molecule is COC[C@](C)(O)CNC(=O)[C@H]1CC(=O)N(c2ccc(C)c(C)c2)C1. The summed E-state index contributed by atoms with van der Waals surface area (Å²) >= 11 is 0. The van der Waals surface area contributed by atoms with E-state index in [0.717, 1.165) is 11.3 Å². The lowest BCUT2D eigenvalue weighted by Gasteiger charge is -2.23. The predicted octanol–water partition coefficient (Wildman–Crippen LogP) is 1.17. The highest BCUT2D eigenvalue weighted by atomic mass is 16.5. The Morgan fingerprint density at radius 1 is 1.42 bits per heavy atom. The molecule has 6 nitrogen and oxygen atoms in total. The van der Waals surface area contributed by atoms with Crippen LogP contribution in [0.4, 0.5) is 5.69 Å². The lowest BCUT2D eigenvalue weighted by atomic mass is 10.1. The van der Waals surface area contributed by atoms with Crippen LogP contribution in [-0.2, 0) is 14.3 Å². The zero-order valence-corrected chi connectivity index (χ0v) is 14.8. The van der Waals surface area contributed by atoms with Crippen LogP contribution in [-0.4, -0.2) is 49.3 Å². The maximum Gasteiger partial charge on any atom is 0.227 e. The summed E-state index contributed by atoms with van der Waals surface area (Å²) in [4.78, 5) is 26.2. The molecule has 0 aromatic heterocycles. The van der Waals surface area contributed by atoms with Crippen molar-refractivity contribution in [3.05, 3.63) is 29.3 Å². The van der Waals surface area contributed by atoms with Crippen molar-refractivity contribution < 1.29 is 19.4 Å². The second-order valence-electron chi connectivity index (χ2n) is 6.82. The molecular formula is C18H26N2O4. The van der Waals surface area contributed by atoms with Crippen molar-refractivity contribution in [1.29, 1.82) is 0 Å². The van der Waals surface area contributed by atoms with Crippen LogP contribution >= 0.6 is 0 Å². The molecule has 6 heteroatoms. The number of hydrogen-bond acceptors (Lipinski definition) is 4. The van der Waals surface area contributed by atoms with Gasteiger partial charge in [0.1, 0.15) is 5.60 Å². The van der Waals surface area contributed by atoms with Crippen molar-refractivity contribution >= 4 is 17.5 Å². The van der Waals surface area contributed by atoms with Crippen LogP contribution < -0.4 is 10.2 Å². The van der Waals surface area contributed by atoms with Crippen LogP contribution in [0.5, 0.6) is 0 Å². The quantitative estimate of drug-likeness (QED) is 0.818. The molecule has 132 valence electrons. The summed E-state index contributed by atoms with van der Waals surface area (Å²) in [6.07, 6.45) is 0.186. The lowest BCUT2D eigenvalue weighted by Crippen LogP contribution is -2.45. The number of amides is 2. The zero-order chi connectivity index (χ0) is 17.9. The Balaban J connectivity index is 1.98. The van der Waals surface area contributed by atoms with E-state index < -0.39 is 11.5 Å². The van der Waals surface area contributed by atoms with E-state index in [0.29, 0.717) is 6.54 Å². The molecule has 2 rings (SSSR count). The number of nitrogens with one attached hydrogen (secondary N) is 1. The highest BCUT2D eigenvalue weighted by Gasteiger charge is 2.35. The van der Waals surface area contributed by atoms with Crippen LogP contribution in [0.3, 0.4) is 0 Å². The fourth-order valence-corrected chi connectivity index (χ4v) is 2.81. The summed E-state index contributed by atoms with van der Waals surface area (Å²) in [5, 5.41) is 12.7. The first-order valence-electron chi connectivity index (χ1n) is 8.10. The molecule has 1 aliphatic heterocycles. The Hall–Kier alpha value is -1.92. The van der Waals surface area contributed by atoms with Crippen molar-refractivity contribution in [2.45, 2.75) is 32.8 Å². The Morgan fingerprint density at radius 2 is 2.12 bits per heavy atom. The first kappa shape index (κ1) is 18.4. The number of aliphatic hydroxyl groups is 1. The number of carbonyl (C=O) groups is 2. The average Bonchev–Trinajstić information content (AvgIpc) is 2.90. The fourth-order valence-electron chi connectivity index (χ4n) is 2.81. The van der Waals surface area contributed by atoms with Crippen LogP contribution in [0.15, 0.2) is 18.2 Å². The van der Waals surface area contributed by atoms with Crippen LogP contribution in [0, 0.1) is 19.8 Å². The van der Waals surface area contributed by atoms with Crippen LogP contribution in [0.1, 0.15) is 24.5 Å². The van der Waals surface area contributed by atoms with Gasteiger partial charge in [-0.15, -0.1) is 0 Å². The highest BCUT2D eigenvalue weighted by Crippen LogP contribution is 2.27. The molecular weight excluding hydrogens is 308 g/mol. The van der Waals surface area contributed by atoms with Gasteiger partial charge in [-0.25, -0.2) is 0 Å². The Morgan fingerprint density at radius 3 is 2.75 bits per heavy atom. The minimum absolute atomic E-state index is 0.0537. The molecule has 2 amide bonds. The molecule has 0 spiro atoms. The summed E-state index contributed by atoms with van der Waals surface area (Å²) in [5.41, 5.74) is 1.98. The van der Waals surface area contributed by atoms with E-state index in [1.54, 1.807) is 11.8 Å². The summed E-state index contributed by atoms with van der Waals surface area (Å²) in [5.74, 6) is -0.675. The first-order chi connectivity index (χ1) is 11.2. The monoisotopic (exact) mass is 334 g/mol. The molecule has 2 N–H and O–H groups in total. The van der Waals surface area contributed by atoms with Gasteiger partial charge < -0.3 is 20.1 Å². The number of nitrogens with zero attached hydrogens (tertiary/aromatic N) is 1. The molecule has 0 unspecified atom stereocenters. The molecule has 0 aliphatic carbocycles. The van der Waals surface area contributed by atoms with Gasteiger partial charge in [-0.1, -0.05) is 6.07 Å². The van der Waals surface area contributed by atoms with Gasteiger partial charge >= 0.3 is 0 Å².